The summed E-state index contributed by atoms with van der Waals surface area (Å²) in [6.07, 6.45) is 12.4. The van der Waals surface area contributed by atoms with Gasteiger partial charge in [0.1, 0.15) is 11.8 Å². The number of hydrogen-bond acceptors (Lipinski definition) is 7. The lowest BCUT2D eigenvalue weighted by Gasteiger charge is -2.61. The predicted octanol–water partition coefficient (Wildman–Crippen LogP) is 6.92. The fourth-order valence-corrected chi connectivity index (χ4v) is 6.51. The van der Waals surface area contributed by atoms with Crippen LogP contribution in [0.2, 0.25) is 5.02 Å². The van der Waals surface area contributed by atoms with Crippen LogP contribution >= 0.6 is 11.6 Å². The highest BCUT2D eigenvalue weighted by Crippen LogP contribution is 2.62. The Balaban J connectivity index is 1.46. The molecule has 3 fully saturated rings. The van der Waals surface area contributed by atoms with E-state index >= 15 is 0 Å². The van der Waals surface area contributed by atoms with Gasteiger partial charge in [-0.05, 0) is 66.9 Å². The number of nitrogens with zero attached hydrogens (tertiary/aromatic N) is 6. The highest BCUT2D eigenvalue weighted by atomic mass is 35.5. The summed E-state index contributed by atoms with van der Waals surface area (Å²) in [5, 5.41) is 27.3. The van der Waals surface area contributed by atoms with Crippen molar-refractivity contribution in [1.82, 2.24) is 24.5 Å². The molecule has 3 aliphatic rings. The van der Waals surface area contributed by atoms with Gasteiger partial charge in [0.15, 0.2) is 0 Å². The van der Waals surface area contributed by atoms with Crippen molar-refractivity contribution in [1.29, 1.82) is 5.26 Å². The lowest BCUT2D eigenvalue weighted by atomic mass is 9.50. The lowest BCUT2D eigenvalue weighted by molar-refractivity contribution is -0.0989. The smallest absolute Gasteiger partial charge is 0.258 e. The van der Waals surface area contributed by atoms with E-state index in [1.807, 2.05) is 48.2 Å². The maximum absolute atomic E-state index is 13.2. The summed E-state index contributed by atoms with van der Waals surface area (Å²) in [5.41, 5.74) is 4.99. The zero-order valence-corrected chi connectivity index (χ0v) is 26.5. The molecule has 1 atom stereocenters. The predicted molar refractivity (Wildman–Crippen MR) is 177 cm³/mol. The van der Waals surface area contributed by atoms with E-state index in [1.165, 1.54) is 0 Å². The third-order valence-corrected chi connectivity index (χ3v) is 9.07. The molecule has 7 rings (SSSR count). The van der Waals surface area contributed by atoms with Crippen molar-refractivity contribution in [2.24, 2.45) is 18.4 Å². The van der Waals surface area contributed by atoms with Crippen molar-refractivity contribution in [3.63, 3.8) is 0 Å². The highest BCUT2D eigenvalue weighted by Gasteiger charge is 2.59. The van der Waals surface area contributed by atoms with Gasteiger partial charge in [0.2, 0.25) is 0 Å². The Kier molecular flexibility index (Phi) is 7.37. The third-order valence-electron chi connectivity index (χ3n) is 8.78. The Morgan fingerprint density at radius 1 is 1.32 bits per heavy atom. The minimum atomic E-state index is -0.529. The molecule has 0 saturated heterocycles. The van der Waals surface area contributed by atoms with E-state index in [-0.39, 0.29) is 16.5 Å². The van der Waals surface area contributed by atoms with Crippen LogP contribution in [0.15, 0.2) is 54.2 Å². The van der Waals surface area contributed by atoms with E-state index in [0.29, 0.717) is 50.9 Å². The summed E-state index contributed by atoms with van der Waals surface area (Å²) in [4.78, 5) is 17.7. The van der Waals surface area contributed by atoms with E-state index in [9.17, 15) is 10.1 Å². The number of allylic oxidation sites excluding steroid dienone is 1. The van der Waals surface area contributed by atoms with E-state index in [2.05, 4.69) is 59.3 Å². The van der Waals surface area contributed by atoms with Gasteiger partial charge in [-0.3, -0.25) is 9.78 Å². The monoisotopic (exact) mass is 608 g/mol. The molecule has 3 aromatic heterocycles. The Hall–Kier alpha value is -4.42. The number of benzene rings is 1. The molecular formula is C34H37ClN8O. The van der Waals surface area contributed by atoms with Crippen LogP contribution in [0.3, 0.4) is 0 Å². The van der Waals surface area contributed by atoms with Crippen LogP contribution in [0.5, 0.6) is 0 Å². The number of pyridine rings is 2. The molecule has 0 amide bonds. The van der Waals surface area contributed by atoms with Gasteiger partial charge in [0.25, 0.3) is 5.56 Å². The summed E-state index contributed by atoms with van der Waals surface area (Å²) in [6, 6.07) is 7.41. The van der Waals surface area contributed by atoms with Crippen molar-refractivity contribution in [2.75, 3.05) is 17.2 Å². The summed E-state index contributed by atoms with van der Waals surface area (Å²) in [7, 11) is 1.74. The lowest BCUT2D eigenvalue weighted by Crippen LogP contribution is -2.59. The topological polar surface area (TPSA) is 113 Å². The van der Waals surface area contributed by atoms with Crippen LogP contribution in [0.4, 0.5) is 11.4 Å². The van der Waals surface area contributed by atoms with E-state index in [4.69, 9.17) is 11.6 Å². The molecule has 4 aromatic rings. The Morgan fingerprint density at radius 3 is 2.70 bits per heavy atom. The number of anilines is 2. The molecule has 0 radical (unpaired) electrons. The van der Waals surface area contributed by atoms with Crippen molar-refractivity contribution in [3.8, 4) is 6.07 Å². The molecule has 2 bridgehead atoms. The number of nitrogens with one attached hydrogen (secondary N) is 2. The van der Waals surface area contributed by atoms with Crippen molar-refractivity contribution in [3.05, 3.63) is 87.2 Å². The van der Waals surface area contributed by atoms with Gasteiger partial charge in [0, 0.05) is 42.6 Å². The van der Waals surface area contributed by atoms with Gasteiger partial charge in [-0.25, -0.2) is 4.68 Å². The van der Waals surface area contributed by atoms with Crippen LogP contribution in [-0.4, -0.2) is 31.1 Å². The first-order valence-electron chi connectivity index (χ1n) is 14.9. The number of halogens is 1. The van der Waals surface area contributed by atoms with Gasteiger partial charge < -0.3 is 15.2 Å². The Morgan fingerprint density at radius 2 is 2.07 bits per heavy atom. The average molecular weight is 609 g/mol. The summed E-state index contributed by atoms with van der Waals surface area (Å²) in [5.74, 6) is 0.795. The Labute approximate surface area is 262 Å². The first kappa shape index (κ1) is 29.6. The molecule has 226 valence electrons. The molecular weight excluding hydrogens is 572 g/mol. The molecule has 10 heteroatoms. The quantitative estimate of drug-likeness (QED) is 0.212. The normalized spacial score (nSPS) is 19.7. The standard InChI is InChI=1S/C34H37ClN8O/c1-7-8-25-24(9-10-42(6)32(25)44)20(2)29(28-18-43(41-40-28)34-13-21(14-34)15-34)39-23-11-26-30(38-19-33(3,4)5)22(16-36)17-37-31(26)27(35)12-23/h7-12,17-18,21,29,39H,2,13-15,19H2,1,3-6H3,(H,37,38)/b8-7-/t21?,29-,34?/m0/s1. The third kappa shape index (κ3) is 5.17. The fraction of sp³-hybridized carbons (Fsp3) is 0.382. The second-order valence-electron chi connectivity index (χ2n) is 13.4. The highest BCUT2D eigenvalue weighted by molar-refractivity contribution is 6.35. The molecule has 1 aromatic carbocycles. The first-order valence-corrected chi connectivity index (χ1v) is 15.3. The molecule has 3 saturated carbocycles. The van der Waals surface area contributed by atoms with Crippen LogP contribution in [0, 0.1) is 22.7 Å². The summed E-state index contributed by atoms with van der Waals surface area (Å²) in [6.45, 7) is 13.4. The maximum atomic E-state index is 13.2. The molecule has 44 heavy (non-hydrogen) atoms. The zero-order valence-electron chi connectivity index (χ0n) is 25.8. The van der Waals surface area contributed by atoms with E-state index < -0.39 is 6.04 Å². The van der Waals surface area contributed by atoms with Gasteiger partial charge in [-0.1, -0.05) is 56.3 Å². The SMILES string of the molecule is C=C(c1ccn(C)c(=O)c1/C=C\C)[C@H](Nc1cc(Cl)c2ncc(C#N)c(NCC(C)(C)C)c2c1)c1cn(C23CC(C2)C3)nn1. The van der Waals surface area contributed by atoms with E-state index in [1.54, 1.807) is 24.0 Å². The van der Waals surface area contributed by atoms with Crippen LogP contribution < -0.4 is 16.2 Å². The van der Waals surface area contributed by atoms with Gasteiger partial charge >= 0.3 is 0 Å². The average Bonchev–Trinajstić information content (AvgIpc) is 3.39. The van der Waals surface area contributed by atoms with Crippen molar-refractivity contribution < 1.29 is 0 Å². The molecule has 3 aliphatic carbocycles. The Bertz CT molecular complexity index is 1910. The number of fused-ring (bicyclic) bond motifs is 1. The van der Waals surface area contributed by atoms with Crippen molar-refractivity contribution >= 4 is 45.5 Å². The van der Waals surface area contributed by atoms with Gasteiger partial charge in [-0.2, -0.15) is 5.26 Å². The van der Waals surface area contributed by atoms with Crippen LogP contribution in [0.1, 0.15) is 75.4 Å². The molecule has 9 nitrogen and oxygen atoms in total. The second-order valence-corrected chi connectivity index (χ2v) is 13.8. The minimum Gasteiger partial charge on any atom is -0.383 e. The molecule has 2 N–H and O–H groups in total. The summed E-state index contributed by atoms with van der Waals surface area (Å²) < 4.78 is 3.56. The number of aromatic nitrogens is 5. The molecule has 3 heterocycles. The maximum Gasteiger partial charge on any atom is 0.258 e. The van der Waals surface area contributed by atoms with Crippen LogP contribution in [0.25, 0.3) is 22.6 Å². The molecule has 0 unspecified atom stereocenters. The zero-order chi connectivity index (χ0) is 31.4. The molecule has 0 aliphatic heterocycles. The molecule has 0 spiro atoms. The minimum absolute atomic E-state index is 0.0194. The fourth-order valence-electron chi connectivity index (χ4n) is 6.24. The number of aryl methyl sites for hydroxylation is 1. The van der Waals surface area contributed by atoms with Gasteiger partial charge in [0.05, 0.1) is 39.6 Å². The van der Waals surface area contributed by atoms with Crippen molar-refractivity contribution in [2.45, 2.75) is 58.5 Å². The number of nitriles is 1. The van der Waals surface area contributed by atoms with E-state index in [0.717, 1.165) is 36.1 Å². The summed E-state index contributed by atoms with van der Waals surface area (Å²) >= 11 is 6.83. The van der Waals surface area contributed by atoms with Crippen LogP contribution in [-0.2, 0) is 12.6 Å². The van der Waals surface area contributed by atoms with Gasteiger partial charge in [-0.15, -0.1) is 5.10 Å². The largest absolute Gasteiger partial charge is 0.383 e. The first-order chi connectivity index (χ1) is 20.9. The number of hydrogen-bond donors (Lipinski definition) is 2. The second kappa shape index (κ2) is 10.9. The number of rotatable bonds is 9.